The van der Waals surface area contributed by atoms with Crippen molar-refractivity contribution in [1.29, 1.82) is 0 Å². The lowest BCUT2D eigenvalue weighted by Gasteiger charge is -2.15. The first-order chi connectivity index (χ1) is 7.57. The van der Waals surface area contributed by atoms with Gasteiger partial charge in [-0.15, -0.1) is 0 Å². The molecule has 0 aromatic heterocycles. The van der Waals surface area contributed by atoms with E-state index in [1.54, 1.807) is 6.07 Å². The standard InChI is InChI=1S/C11H12F3OS/c12-11(13,14)9-2-1-3-10(8-9)16-6-4-15-5-7-16/h1-3,8H,4-7H2/q+1. The van der Waals surface area contributed by atoms with Crippen molar-refractivity contribution in [2.45, 2.75) is 11.1 Å². The average Bonchev–Trinajstić information content (AvgIpc) is 2.29. The second-order valence-corrected chi connectivity index (χ2v) is 5.81. The zero-order chi connectivity index (χ0) is 11.6. The molecule has 0 saturated carbocycles. The van der Waals surface area contributed by atoms with Crippen molar-refractivity contribution in [2.24, 2.45) is 0 Å². The highest BCUT2D eigenvalue weighted by Gasteiger charge is 2.33. The van der Waals surface area contributed by atoms with Crippen LogP contribution in [0.3, 0.4) is 0 Å². The van der Waals surface area contributed by atoms with E-state index in [-0.39, 0.29) is 10.9 Å². The van der Waals surface area contributed by atoms with Crippen LogP contribution in [0.25, 0.3) is 0 Å². The normalized spacial score (nSPS) is 18.7. The molecule has 0 bridgehead atoms. The number of rotatable bonds is 1. The van der Waals surface area contributed by atoms with Gasteiger partial charge in [-0.05, 0) is 12.1 Å². The molecule has 5 heteroatoms. The van der Waals surface area contributed by atoms with Gasteiger partial charge in [-0.25, -0.2) is 0 Å². The van der Waals surface area contributed by atoms with E-state index >= 15 is 0 Å². The summed E-state index contributed by atoms with van der Waals surface area (Å²) in [4.78, 5) is 0.804. The van der Waals surface area contributed by atoms with E-state index in [2.05, 4.69) is 0 Å². The number of hydrogen-bond donors (Lipinski definition) is 0. The zero-order valence-corrected chi connectivity index (χ0v) is 9.40. The van der Waals surface area contributed by atoms with Crippen LogP contribution in [0.4, 0.5) is 13.2 Å². The van der Waals surface area contributed by atoms with Crippen LogP contribution in [0.15, 0.2) is 29.2 Å². The van der Waals surface area contributed by atoms with E-state index in [9.17, 15) is 13.2 Å². The molecule has 0 spiro atoms. The van der Waals surface area contributed by atoms with Crippen LogP contribution in [-0.4, -0.2) is 24.7 Å². The highest BCUT2D eigenvalue weighted by atomic mass is 32.2. The molecule has 1 nitrogen and oxygen atoms in total. The fourth-order valence-corrected chi connectivity index (χ4v) is 3.49. The Kier molecular flexibility index (Phi) is 3.44. The second-order valence-electron chi connectivity index (χ2n) is 3.54. The highest BCUT2D eigenvalue weighted by Crippen LogP contribution is 2.31. The quantitative estimate of drug-likeness (QED) is 0.695. The summed E-state index contributed by atoms with van der Waals surface area (Å²) in [5, 5.41) is 0. The Bertz CT molecular complexity index is 358. The lowest BCUT2D eigenvalue weighted by atomic mass is 10.2. The molecule has 0 unspecified atom stereocenters. The molecule has 0 atom stereocenters. The van der Waals surface area contributed by atoms with Gasteiger partial charge >= 0.3 is 6.18 Å². The molecule has 2 rings (SSSR count). The van der Waals surface area contributed by atoms with Crippen LogP contribution in [0.2, 0.25) is 0 Å². The van der Waals surface area contributed by atoms with Gasteiger partial charge in [0.25, 0.3) is 0 Å². The predicted octanol–water partition coefficient (Wildman–Crippen LogP) is 2.71. The van der Waals surface area contributed by atoms with E-state index in [1.165, 1.54) is 12.1 Å². The first-order valence-electron chi connectivity index (χ1n) is 5.00. The molecule has 0 N–H and O–H groups in total. The summed E-state index contributed by atoms with van der Waals surface area (Å²) < 4.78 is 42.7. The Morgan fingerprint density at radius 2 is 1.81 bits per heavy atom. The second kappa shape index (κ2) is 4.67. The molecular formula is C11H12F3OS+. The van der Waals surface area contributed by atoms with Crippen molar-refractivity contribution in [2.75, 3.05) is 24.7 Å². The maximum atomic E-state index is 12.5. The van der Waals surface area contributed by atoms with Crippen LogP contribution >= 0.6 is 0 Å². The third kappa shape index (κ3) is 2.71. The van der Waals surface area contributed by atoms with E-state index < -0.39 is 11.7 Å². The van der Waals surface area contributed by atoms with Gasteiger partial charge in [0, 0.05) is 17.0 Å². The van der Waals surface area contributed by atoms with Gasteiger partial charge in [-0.3, -0.25) is 0 Å². The maximum absolute atomic E-state index is 12.5. The fraction of sp³-hybridized carbons (Fsp3) is 0.455. The van der Waals surface area contributed by atoms with E-state index in [1.807, 2.05) is 0 Å². The zero-order valence-electron chi connectivity index (χ0n) is 8.59. The van der Waals surface area contributed by atoms with Crippen molar-refractivity contribution in [1.82, 2.24) is 0 Å². The summed E-state index contributed by atoms with van der Waals surface area (Å²) in [7, 11) is -0.0781. The lowest BCUT2D eigenvalue weighted by Crippen LogP contribution is -2.26. The molecule has 0 amide bonds. The number of benzene rings is 1. The summed E-state index contributed by atoms with van der Waals surface area (Å²) in [6, 6.07) is 5.66. The smallest absolute Gasteiger partial charge is 0.372 e. The molecule has 16 heavy (non-hydrogen) atoms. The minimum atomic E-state index is -4.24. The summed E-state index contributed by atoms with van der Waals surface area (Å²) in [5.74, 6) is 1.67. The number of ether oxygens (including phenoxy) is 1. The minimum absolute atomic E-state index is 0.0781. The van der Waals surface area contributed by atoms with E-state index in [4.69, 9.17) is 4.74 Å². The fourth-order valence-electron chi connectivity index (χ4n) is 1.61. The first kappa shape index (κ1) is 11.8. The monoisotopic (exact) mass is 249 g/mol. The van der Waals surface area contributed by atoms with Gasteiger partial charge < -0.3 is 4.74 Å². The third-order valence-electron chi connectivity index (χ3n) is 2.44. The van der Waals surface area contributed by atoms with Crippen molar-refractivity contribution in [3.05, 3.63) is 29.8 Å². The van der Waals surface area contributed by atoms with Crippen molar-refractivity contribution < 1.29 is 17.9 Å². The molecule has 1 heterocycles. The van der Waals surface area contributed by atoms with Crippen LogP contribution in [0.1, 0.15) is 5.56 Å². The summed E-state index contributed by atoms with van der Waals surface area (Å²) in [6.45, 7) is 1.30. The van der Waals surface area contributed by atoms with Crippen molar-refractivity contribution >= 4 is 10.9 Å². The molecule has 0 aliphatic carbocycles. The predicted molar refractivity (Wildman–Crippen MR) is 57.6 cm³/mol. The Balaban J connectivity index is 2.21. The van der Waals surface area contributed by atoms with Gasteiger partial charge in [0.05, 0.1) is 18.8 Å². The largest absolute Gasteiger partial charge is 0.416 e. The Labute approximate surface area is 95.0 Å². The first-order valence-corrected chi connectivity index (χ1v) is 6.56. The Morgan fingerprint density at radius 1 is 1.12 bits per heavy atom. The van der Waals surface area contributed by atoms with Crippen molar-refractivity contribution in [3.63, 3.8) is 0 Å². The molecule has 0 radical (unpaired) electrons. The third-order valence-corrected chi connectivity index (χ3v) is 4.68. The topological polar surface area (TPSA) is 9.23 Å². The molecule has 1 fully saturated rings. The molecule has 1 aliphatic heterocycles. The Morgan fingerprint density at radius 3 is 2.44 bits per heavy atom. The number of hydrogen-bond acceptors (Lipinski definition) is 1. The molecule has 88 valence electrons. The average molecular weight is 249 g/mol. The molecule has 1 aliphatic rings. The van der Waals surface area contributed by atoms with Gasteiger partial charge in [-0.2, -0.15) is 13.2 Å². The van der Waals surface area contributed by atoms with Crippen LogP contribution < -0.4 is 0 Å². The minimum Gasteiger partial charge on any atom is -0.372 e. The summed E-state index contributed by atoms with van der Waals surface area (Å²) in [6.07, 6.45) is -4.24. The van der Waals surface area contributed by atoms with Crippen LogP contribution in [0, 0.1) is 0 Å². The molecule has 1 aromatic carbocycles. The Hall–Kier alpha value is -0.680. The van der Waals surface area contributed by atoms with Gasteiger partial charge in [0.1, 0.15) is 11.5 Å². The SMILES string of the molecule is FC(F)(F)c1cccc([S+]2CCOCC2)c1. The number of halogens is 3. The van der Waals surface area contributed by atoms with Crippen LogP contribution in [0.5, 0.6) is 0 Å². The molecule has 1 saturated heterocycles. The summed E-state index contributed by atoms with van der Waals surface area (Å²) >= 11 is 0. The van der Waals surface area contributed by atoms with Gasteiger partial charge in [-0.1, -0.05) is 6.07 Å². The maximum Gasteiger partial charge on any atom is 0.416 e. The molecular weight excluding hydrogens is 237 g/mol. The van der Waals surface area contributed by atoms with Gasteiger partial charge in [0.15, 0.2) is 4.90 Å². The highest BCUT2D eigenvalue weighted by molar-refractivity contribution is 7.97. The van der Waals surface area contributed by atoms with Crippen molar-refractivity contribution in [3.8, 4) is 0 Å². The molecule has 1 aromatic rings. The lowest BCUT2D eigenvalue weighted by molar-refractivity contribution is -0.137. The van der Waals surface area contributed by atoms with Crippen LogP contribution in [-0.2, 0) is 21.8 Å². The van der Waals surface area contributed by atoms with E-state index in [0.29, 0.717) is 13.2 Å². The van der Waals surface area contributed by atoms with E-state index in [0.717, 1.165) is 22.5 Å². The summed E-state index contributed by atoms with van der Waals surface area (Å²) in [5.41, 5.74) is -0.552. The number of alkyl halides is 3. The van der Waals surface area contributed by atoms with Gasteiger partial charge in [0.2, 0.25) is 0 Å².